The zero-order valence-corrected chi connectivity index (χ0v) is 15.3. The Morgan fingerprint density at radius 2 is 2.04 bits per heavy atom. The van der Waals surface area contributed by atoms with Crippen LogP contribution in [0.4, 0.5) is 10.5 Å². The molecule has 0 aliphatic heterocycles. The second kappa shape index (κ2) is 9.67. The quantitative estimate of drug-likeness (QED) is 0.714. The van der Waals surface area contributed by atoms with Crippen LogP contribution in [0.15, 0.2) is 24.3 Å². The molecular formula is C17H28N2O3S. The summed E-state index contributed by atoms with van der Waals surface area (Å²) in [6, 6.07) is 7.23. The predicted octanol–water partition coefficient (Wildman–Crippen LogP) is 3.28. The highest BCUT2D eigenvalue weighted by molar-refractivity contribution is 7.85. The second-order valence-corrected chi connectivity index (χ2v) is 8.44. The van der Waals surface area contributed by atoms with Crippen LogP contribution < -0.4 is 10.6 Å². The van der Waals surface area contributed by atoms with E-state index in [4.69, 9.17) is 4.74 Å². The Labute approximate surface area is 141 Å². The van der Waals surface area contributed by atoms with Gasteiger partial charge in [0.15, 0.2) is 0 Å². The third kappa shape index (κ3) is 8.13. The number of hydrogen-bond donors (Lipinski definition) is 2. The molecule has 1 unspecified atom stereocenters. The number of rotatable bonds is 8. The summed E-state index contributed by atoms with van der Waals surface area (Å²) in [6.07, 6.45) is 0.784. The van der Waals surface area contributed by atoms with Crippen LogP contribution in [0.1, 0.15) is 39.7 Å². The molecule has 0 saturated carbocycles. The van der Waals surface area contributed by atoms with Gasteiger partial charge in [0.1, 0.15) is 0 Å². The summed E-state index contributed by atoms with van der Waals surface area (Å²) in [5.74, 6) is 0.481. The molecule has 23 heavy (non-hydrogen) atoms. The number of carbonyl (C=O) groups excluding carboxylic acids is 1. The molecule has 0 saturated heterocycles. The van der Waals surface area contributed by atoms with Crippen molar-refractivity contribution in [1.82, 2.24) is 5.32 Å². The summed E-state index contributed by atoms with van der Waals surface area (Å²) in [5, 5.41) is 5.58. The van der Waals surface area contributed by atoms with Gasteiger partial charge in [-0.1, -0.05) is 12.1 Å². The minimum atomic E-state index is -0.960. The number of carbonyl (C=O) groups is 1. The minimum absolute atomic E-state index is 0.240. The maximum Gasteiger partial charge on any atom is 0.319 e. The molecular weight excluding hydrogens is 312 g/mol. The molecule has 130 valence electrons. The summed E-state index contributed by atoms with van der Waals surface area (Å²) in [6.45, 7) is 9.72. The molecule has 5 nitrogen and oxygen atoms in total. The van der Waals surface area contributed by atoms with Gasteiger partial charge in [0, 0.05) is 46.7 Å². The number of urea groups is 1. The Morgan fingerprint density at radius 3 is 2.70 bits per heavy atom. The molecule has 1 atom stereocenters. The van der Waals surface area contributed by atoms with Gasteiger partial charge in [0.05, 0.1) is 0 Å². The van der Waals surface area contributed by atoms with Crippen molar-refractivity contribution in [3.63, 3.8) is 0 Å². The molecule has 2 N–H and O–H groups in total. The van der Waals surface area contributed by atoms with Gasteiger partial charge in [-0.25, -0.2) is 4.79 Å². The highest BCUT2D eigenvalue weighted by atomic mass is 32.2. The highest BCUT2D eigenvalue weighted by Gasteiger charge is 2.19. The molecule has 0 aliphatic rings. The average Bonchev–Trinajstić information content (AvgIpc) is 2.46. The van der Waals surface area contributed by atoms with Crippen molar-refractivity contribution < 1.29 is 13.7 Å². The van der Waals surface area contributed by atoms with E-state index < -0.39 is 10.8 Å². The van der Waals surface area contributed by atoms with E-state index in [0.29, 0.717) is 31.2 Å². The van der Waals surface area contributed by atoms with Crippen molar-refractivity contribution in [3.8, 4) is 0 Å². The van der Waals surface area contributed by atoms with E-state index in [-0.39, 0.29) is 10.8 Å². The van der Waals surface area contributed by atoms with E-state index in [0.717, 1.165) is 12.0 Å². The van der Waals surface area contributed by atoms with Crippen LogP contribution in [0.2, 0.25) is 0 Å². The smallest absolute Gasteiger partial charge is 0.319 e. The van der Waals surface area contributed by atoms with E-state index in [1.165, 1.54) is 0 Å². The molecule has 0 radical (unpaired) electrons. The maximum absolute atomic E-state index is 12.2. The van der Waals surface area contributed by atoms with Gasteiger partial charge in [-0.05, 0) is 51.8 Å². The van der Waals surface area contributed by atoms with Crippen molar-refractivity contribution >= 4 is 22.5 Å². The molecule has 1 rings (SSSR count). The van der Waals surface area contributed by atoms with Crippen molar-refractivity contribution in [2.75, 3.05) is 25.1 Å². The number of amides is 2. The highest BCUT2D eigenvalue weighted by Crippen LogP contribution is 2.18. The largest absolute Gasteiger partial charge is 0.382 e. The van der Waals surface area contributed by atoms with Crippen LogP contribution in [0, 0.1) is 0 Å². The molecule has 1 aromatic carbocycles. The van der Waals surface area contributed by atoms with Crippen molar-refractivity contribution in [2.45, 2.75) is 44.6 Å². The second-order valence-electron chi connectivity index (χ2n) is 6.23. The van der Waals surface area contributed by atoms with Gasteiger partial charge in [-0.2, -0.15) is 0 Å². The summed E-state index contributed by atoms with van der Waals surface area (Å²) in [4.78, 5) is 11.8. The molecule has 6 heteroatoms. The first-order valence-electron chi connectivity index (χ1n) is 7.93. The normalized spacial score (nSPS) is 12.7. The summed E-state index contributed by atoms with van der Waals surface area (Å²) in [7, 11) is -0.960. The van der Waals surface area contributed by atoms with Crippen LogP contribution >= 0.6 is 0 Å². The SMILES string of the molecule is CCOCCCNC(=O)Nc1cccc(CS(=O)C(C)(C)C)c1. The number of hydrogen-bond acceptors (Lipinski definition) is 3. The summed E-state index contributed by atoms with van der Waals surface area (Å²) in [5.41, 5.74) is 1.66. The Balaban J connectivity index is 2.47. The Kier molecular flexibility index (Phi) is 8.26. The first kappa shape index (κ1) is 19.6. The average molecular weight is 340 g/mol. The fourth-order valence-corrected chi connectivity index (χ4v) is 2.72. The third-order valence-corrected chi connectivity index (χ3v) is 5.08. The third-order valence-electron chi connectivity index (χ3n) is 3.12. The van der Waals surface area contributed by atoms with Gasteiger partial charge < -0.3 is 15.4 Å². The maximum atomic E-state index is 12.2. The van der Waals surface area contributed by atoms with Crippen LogP contribution in [-0.2, 0) is 21.3 Å². The van der Waals surface area contributed by atoms with Crippen LogP contribution in [-0.4, -0.2) is 34.7 Å². The minimum Gasteiger partial charge on any atom is -0.382 e. The van der Waals surface area contributed by atoms with Crippen molar-refractivity contribution in [2.24, 2.45) is 0 Å². The zero-order valence-electron chi connectivity index (χ0n) is 14.5. The lowest BCUT2D eigenvalue weighted by atomic mass is 10.2. The fourth-order valence-electron chi connectivity index (χ4n) is 1.80. The van der Waals surface area contributed by atoms with E-state index in [2.05, 4.69) is 10.6 Å². The van der Waals surface area contributed by atoms with Gasteiger partial charge in [-0.3, -0.25) is 4.21 Å². The van der Waals surface area contributed by atoms with E-state index >= 15 is 0 Å². The number of anilines is 1. The van der Waals surface area contributed by atoms with Crippen molar-refractivity contribution in [3.05, 3.63) is 29.8 Å². The standard InChI is InChI=1S/C17H28N2O3S/c1-5-22-11-7-10-18-16(20)19-15-9-6-8-14(12-15)13-23(21)17(2,3)4/h6,8-9,12H,5,7,10-11,13H2,1-4H3,(H2,18,19,20). The summed E-state index contributed by atoms with van der Waals surface area (Å²) < 4.78 is 17.2. The Hall–Kier alpha value is -1.40. The van der Waals surface area contributed by atoms with E-state index in [1.807, 2.05) is 52.0 Å². The van der Waals surface area contributed by atoms with Gasteiger partial charge in [0.25, 0.3) is 0 Å². The van der Waals surface area contributed by atoms with Gasteiger partial charge in [0.2, 0.25) is 0 Å². The molecule has 2 amide bonds. The van der Waals surface area contributed by atoms with E-state index in [9.17, 15) is 9.00 Å². The molecule has 1 aromatic rings. The predicted molar refractivity (Wildman–Crippen MR) is 96.2 cm³/mol. The topological polar surface area (TPSA) is 67.4 Å². The summed E-state index contributed by atoms with van der Waals surface area (Å²) >= 11 is 0. The monoisotopic (exact) mass is 340 g/mol. The first-order valence-corrected chi connectivity index (χ1v) is 9.25. The Bertz CT molecular complexity index is 527. The van der Waals surface area contributed by atoms with Crippen molar-refractivity contribution in [1.29, 1.82) is 0 Å². The molecule has 0 heterocycles. The number of benzene rings is 1. The molecule has 0 bridgehead atoms. The molecule has 0 aliphatic carbocycles. The lowest BCUT2D eigenvalue weighted by Gasteiger charge is -2.18. The first-order chi connectivity index (χ1) is 10.8. The van der Waals surface area contributed by atoms with Gasteiger partial charge in [-0.15, -0.1) is 0 Å². The number of nitrogens with one attached hydrogen (secondary N) is 2. The zero-order chi connectivity index (χ0) is 17.3. The Morgan fingerprint density at radius 1 is 1.30 bits per heavy atom. The lowest BCUT2D eigenvalue weighted by molar-refractivity contribution is 0.145. The van der Waals surface area contributed by atoms with Gasteiger partial charge >= 0.3 is 6.03 Å². The number of ether oxygens (including phenoxy) is 1. The lowest BCUT2D eigenvalue weighted by Crippen LogP contribution is -2.30. The molecule has 0 spiro atoms. The van der Waals surface area contributed by atoms with E-state index in [1.54, 1.807) is 0 Å². The molecule has 0 fully saturated rings. The van der Waals surface area contributed by atoms with Crippen LogP contribution in [0.5, 0.6) is 0 Å². The van der Waals surface area contributed by atoms with Crippen LogP contribution in [0.3, 0.4) is 0 Å². The fraction of sp³-hybridized carbons (Fsp3) is 0.588. The van der Waals surface area contributed by atoms with Crippen LogP contribution in [0.25, 0.3) is 0 Å². The molecule has 0 aromatic heterocycles.